The van der Waals surface area contributed by atoms with Crippen LogP contribution in [0.2, 0.25) is 5.02 Å². The number of hydrogen-bond acceptors (Lipinski definition) is 4. The molecule has 0 bridgehead atoms. The minimum absolute atomic E-state index is 0.0881. The van der Waals surface area contributed by atoms with E-state index in [0.29, 0.717) is 23.1 Å². The van der Waals surface area contributed by atoms with Crippen LogP contribution in [-0.2, 0) is 4.74 Å². The van der Waals surface area contributed by atoms with Gasteiger partial charge >= 0.3 is 0 Å². The van der Waals surface area contributed by atoms with Crippen LogP contribution in [0.4, 0.5) is 5.69 Å². The molecule has 2 aromatic carbocycles. The molecule has 0 unspecified atom stereocenters. The highest BCUT2D eigenvalue weighted by atomic mass is 35.5. The van der Waals surface area contributed by atoms with Crippen molar-refractivity contribution >= 4 is 29.2 Å². The van der Waals surface area contributed by atoms with Crippen molar-refractivity contribution < 1.29 is 14.3 Å². The Hall–Kier alpha value is -2.57. The number of anilines is 1. The van der Waals surface area contributed by atoms with E-state index in [1.165, 1.54) is 0 Å². The molecule has 2 N–H and O–H groups in total. The van der Waals surface area contributed by atoms with Crippen LogP contribution in [0.1, 0.15) is 23.2 Å². The summed E-state index contributed by atoms with van der Waals surface area (Å²) in [5, 5.41) is 6.55. The molecular weight excluding hydrogens is 366 g/mol. The molecule has 1 heterocycles. The van der Waals surface area contributed by atoms with Gasteiger partial charge in [-0.05, 0) is 61.4 Å². The lowest BCUT2D eigenvalue weighted by atomic mass is 10.2. The van der Waals surface area contributed by atoms with Gasteiger partial charge in [-0.1, -0.05) is 11.6 Å². The second-order valence-electron chi connectivity index (χ2n) is 6.14. The molecule has 0 radical (unpaired) electrons. The number of nitrogens with one attached hydrogen (secondary N) is 2. The maximum atomic E-state index is 12.5. The van der Waals surface area contributed by atoms with Gasteiger partial charge in [0.1, 0.15) is 5.75 Å². The largest absolute Gasteiger partial charge is 0.497 e. The van der Waals surface area contributed by atoms with Crippen molar-refractivity contribution in [3.05, 3.63) is 59.1 Å². The van der Waals surface area contributed by atoms with Gasteiger partial charge in [0.2, 0.25) is 5.96 Å². The molecule has 1 fully saturated rings. The smallest absolute Gasteiger partial charge is 0.257 e. The highest BCUT2D eigenvalue weighted by molar-refractivity contribution is 6.30. The predicted molar refractivity (Wildman–Crippen MR) is 107 cm³/mol. The van der Waals surface area contributed by atoms with E-state index < -0.39 is 0 Å². The molecule has 27 heavy (non-hydrogen) atoms. The zero-order valence-electron chi connectivity index (χ0n) is 15.1. The third kappa shape index (κ3) is 5.70. The molecule has 3 rings (SSSR count). The standard InChI is InChI=1S/C20H22ClN3O3/c1-26-17-10-8-16(9-11-17)23-20(22-13-18-3-2-12-27-18)24-19(25)14-4-6-15(21)7-5-14/h4-11,18H,2-3,12-13H2,1H3,(H2,22,23,24,25)/t18-/m1/s1. The summed E-state index contributed by atoms with van der Waals surface area (Å²) in [6, 6.07) is 14.1. The Balaban J connectivity index is 1.72. The maximum Gasteiger partial charge on any atom is 0.257 e. The molecule has 1 aliphatic rings. The minimum atomic E-state index is -0.265. The first-order chi connectivity index (χ1) is 13.1. The van der Waals surface area contributed by atoms with Gasteiger partial charge in [-0.2, -0.15) is 0 Å². The summed E-state index contributed by atoms with van der Waals surface area (Å²) in [4.78, 5) is 17.0. The molecule has 1 saturated heterocycles. The van der Waals surface area contributed by atoms with Crippen molar-refractivity contribution in [1.82, 2.24) is 5.32 Å². The van der Waals surface area contributed by atoms with Gasteiger partial charge in [-0.25, -0.2) is 4.99 Å². The monoisotopic (exact) mass is 387 g/mol. The van der Waals surface area contributed by atoms with Crippen LogP contribution in [0.5, 0.6) is 5.75 Å². The lowest BCUT2D eigenvalue weighted by Crippen LogP contribution is -2.36. The van der Waals surface area contributed by atoms with Crippen molar-refractivity contribution in [2.75, 3.05) is 25.6 Å². The summed E-state index contributed by atoms with van der Waals surface area (Å²) in [6.07, 6.45) is 2.10. The second-order valence-corrected chi connectivity index (χ2v) is 6.58. The quantitative estimate of drug-likeness (QED) is 0.605. The summed E-state index contributed by atoms with van der Waals surface area (Å²) in [5.41, 5.74) is 1.29. The molecule has 2 aromatic rings. The Kier molecular flexibility index (Phi) is 6.68. The average molecular weight is 388 g/mol. The van der Waals surface area contributed by atoms with Gasteiger partial charge < -0.3 is 14.8 Å². The third-order valence-electron chi connectivity index (χ3n) is 4.17. The van der Waals surface area contributed by atoms with Crippen LogP contribution >= 0.6 is 11.6 Å². The number of rotatable bonds is 5. The van der Waals surface area contributed by atoms with E-state index in [-0.39, 0.29) is 12.0 Å². The summed E-state index contributed by atoms with van der Waals surface area (Å²) in [7, 11) is 1.61. The molecule has 0 aliphatic carbocycles. The Bertz CT molecular complexity index is 785. The van der Waals surface area contributed by atoms with E-state index in [4.69, 9.17) is 21.1 Å². The molecule has 0 spiro atoms. The Labute approximate surface area is 163 Å². The number of amides is 1. The zero-order valence-corrected chi connectivity index (χ0v) is 15.8. The fraction of sp³-hybridized carbons (Fsp3) is 0.300. The molecule has 7 heteroatoms. The van der Waals surface area contributed by atoms with Crippen LogP contribution in [0, 0.1) is 0 Å². The number of guanidine groups is 1. The first-order valence-corrected chi connectivity index (χ1v) is 9.16. The van der Waals surface area contributed by atoms with E-state index in [2.05, 4.69) is 15.6 Å². The number of aliphatic imine (C=N–C) groups is 1. The number of carbonyl (C=O) groups excluding carboxylic acids is 1. The summed E-state index contributed by atoms with van der Waals surface area (Å²) in [6.45, 7) is 1.25. The first kappa shape index (κ1) is 19.2. The predicted octanol–water partition coefficient (Wildman–Crippen LogP) is 3.73. The maximum absolute atomic E-state index is 12.5. The molecule has 6 nitrogen and oxygen atoms in total. The summed E-state index contributed by atoms with van der Waals surface area (Å²) >= 11 is 5.88. The van der Waals surface area contributed by atoms with Crippen molar-refractivity contribution in [2.45, 2.75) is 18.9 Å². The van der Waals surface area contributed by atoms with Crippen molar-refractivity contribution in [1.29, 1.82) is 0 Å². The Morgan fingerprint density at radius 1 is 1.22 bits per heavy atom. The number of nitrogens with zero attached hydrogens (tertiary/aromatic N) is 1. The van der Waals surface area contributed by atoms with Gasteiger partial charge in [0.25, 0.3) is 5.91 Å². The van der Waals surface area contributed by atoms with Crippen LogP contribution in [0.3, 0.4) is 0 Å². The van der Waals surface area contributed by atoms with Crippen LogP contribution < -0.4 is 15.4 Å². The topological polar surface area (TPSA) is 71.9 Å². The number of benzene rings is 2. The van der Waals surface area contributed by atoms with Crippen LogP contribution in [-0.4, -0.2) is 38.2 Å². The van der Waals surface area contributed by atoms with Gasteiger partial charge in [0, 0.05) is 22.9 Å². The fourth-order valence-corrected chi connectivity index (χ4v) is 2.81. The zero-order chi connectivity index (χ0) is 19.1. The number of ether oxygens (including phenoxy) is 2. The number of carbonyl (C=O) groups is 1. The van der Waals surface area contributed by atoms with Crippen molar-refractivity contribution in [2.24, 2.45) is 4.99 Å². The molecule has 142 valence electrons. The Morgan fingerprint density at radius 2 is 1.96 bits per heavy atom. The molecule has 1 amide bonds. The number of hydrogen-bond donors (Lipinski definition) is 2. The summed E-state index contributed by atoms with van der Waals surface area (Å²) < 4.78 is 10.8. The summed E-state index contributed by atoms with van der Waals surface area (Å²) in [5.74, 6) is 0.859. The van der Waals surface area contributed by atoms with Crippen LogP contribution in [0.25, 0.3) is 0 Å². The minimum Gasteiger partial charge on any atom is -0.497 e. The van der Waals surface area contributed by atoms with E-state index in [9.17, 15) is 4.79 Å². The van der Waals surface area contributed by atoms with Crippen molar-refractivity contribution in [3.63, 3.8) is 0 Å². The third-order valence-corrected chi connectivity index (χ3v) is 4.42. The average Bonchev–Trinajstić information content (AvgIpc) is 3.21. The van der Waals surface area contributed by atoms with Crippen LogP contribution in [0.15, 0.2) is 53.5 Å². The second kappa shape index (κ2) is 9.39. The molecule has 1 aliphatic heterocycles. The Morgan fingerprint density at radius 3 is 2.59 bits per heavy atom. The highest BCUT2D eigenvalue weighted by Crippen LogP contribution is 2.16. The molecule has 0 saturated carbocycles. The van der Waals surface area contributed by atoms with Crippen molar-refractivity contribution in [3.8, 4) is 5.75 Å². The highest BCUT2D eigenvalue weighted by Gasteiger charge is 2.16. The van der Waals surface area contributed by atoms with Gasteiger partial charge in [0.05, 0.1) is 19.8 Å². The first-order valence-electron chi connectivity index (χ1n) is 8.78. The van der Waals surface area contributed by atoms with E-state index in [0.717, 1.165) is 30.9 Å². The van der Waals surface area contributed by atoms with E-state index in [1.54, 1.807) is 31.4 Å². The molecule has 0 aromatic heterocycles. The molecular formula is C20H22ClN3O3. The van der Waals surface area contributed by atoms with Gasteiger partial charge in [-0.3, -0.25) is 10.1 Å². The number of methoxy groups -OCH3 is 1. The van der Waals surface area contributed by atoms with E-state index in [1.807, 2.05) is 24.3 Å². The lowest BCUT2D eigenvalue weighted by molar-refractivity contribution is 0.0975. The van der Waals surface area contributed by atoms with E-state index >= 15 is 0 Å². The fourth-order valence-electron chi connectivity index (χ4n) is 2.68. The SMILES string of the molecule is COc1ccc(NC(=NC[C@H]2CCCO2)NC(=O)c2ccc(Cl)cc2)cc1. The van der Waals surface area contributed by atoms with Gasteiger partial charge in [0.15, 0.2) is 0 Å². The normalized spacial score (nSPS) is 16.8. The lowest BCUT2D eigenvalue weighted by Gasteiger charge is -2.14. The molecule has 1 atom stereocenters. The van der Waals surface area contributed by atoms with Gasteiger partial charge in [-0.15, -0.1) is 0 Å². The number of halogens is 1.